The van der Waals surface area contributed by atoms with Gasteiger partial charge >= 0.3 is 6.03 Å². The Bertz CT molecular complexity index is 5830. The molecule has 1 fully saturated rings. The number of nitrogens with one attached hydrogen (secondary N) is 3. The van der Waals surface area contributed by atoms with Crippen LogP contribution in [0.1, 0.15) is 80.6 Å². The first kappa shape index (κ1) is 82.7. The van der Waals surface area contributed by atoms with Gasteiger partial charge in [-0.25, -0.2) is 56.6 Å². The molecule has 25 nitrogen and oxygen atoms in total. The zero-order valence-corrected chi connectivity index (χ0v) is 64.2. The summed E-state index contributed by atoms with van der Waals surface area (Å²) in [5.74, 6) is -4.07. The molecule has 14 rings (SSSR count). The van der Waals surface area contributed by atoms with Gasteiger partial charge in [0.25, 0.3) is 22.9 Å². The number of rotatable bonds is 21. The minimum atomic E-state index is -1.23. The first-order valence-corrected chi connectivity index (χ1v) is 37.0. The lowest BCUT2D eigenvalue weighted by Crippen LogP contribution is -2.33. The summed E-state index contributed by atoms with van der Waals surface area (Å²) in [6.45, 7) is 10.7. The Morgan fingerprint density at radius 1 is 0.600 bits per heavy atom. The van der Waals surface area contributed by atoms with E-state index in [4.69, 9.17) is 40.9 Å². The lowest BCUT2D eigenvalue weighted by Gasteiger charge is -2.23. The number of aliphatic hydroxyl groups excluding tert-OH is 2. The number of urea groups is 1. The zero-order chi connectivity index (χ0) is 82.1. The number of para-hydroxylation sites is 1. The first-order valence-electron chi connectivity index (χ1n) is 36.2. The third kappa shape index (κ3) is 20.5. The van der Waals surface area contributed by atoms with Crippen LogP contribution in [-0.4, -0.2) is 111 Å². The van der Waals surface area contributed by atoms with Crippen molar-refractivity contribution >= 4 is 80.5 Å². The number of fused-ring (bicyclic) bond motifs is 2. The van der Waals surface area contributed by atoms with Gasteiger partial charge in [0, 0.05) is 98.7 Å². The molecular formula is C84H80F5N15O10S. The van der Waals surface area contributed by atoms with E-state index in [1.165, 1.54) is 75.5 Å². The van der Waals surface area contributed by atoms with Gasteiger partial charge in [0.05, 0.1) is 26.8 Å². The number of primary amides is 2. The molecule has 592 valence electrons. The SMILES string of the molecule is CCc1nc(-c2cccc(C)c2)c(-c2ccnc(NC(=O)c3ccccc3)c2)s1.Cc1ccc(-c2nc(N(C(N)=O)c3c(F)cccc3F)ccc2C(N)=O)c(F)c1.Cc1ccc(Oc2cc3cnc(NC(CCO)CCO)nc3n(C)c2=O)c(F)c1.Cc1ccc(Oc2cc3cnc(NC4CCOCC4)nc3n(C)c2=O)c(F)c1. The number of nitrogens with two attached hydrogens (primary N) is 2. The topological polar surface area (TPSA) is 345 Å². The molecule has 0 atom stereocenters. The largest absolute Gasteiger partial charge is 0.448 e. The Labute approximate surface area is 660 Å². The van der Waals surface area contributed by atoms with Gasteiger partial charge in [-0.1, -0.05) is 73.2 Å². The highest BCUT2D eigenvalue weighted by atomic mass is 32.1. The van der Waals surface area contributed by atoms with Gasteiger partial charge < -0.3 is 51.8 Å². The number of carbonyl (C=O) groups excluding carboxylic acids is 3. The quantitative estimate of drug-likeness (QED) is 0.0329. The molecular weight excluding hydrogens is 1510 g/mol. The third-order valence-electron chi connectivity index (χ3n) is 18.0. The molecule has 6 aromatic carbocycles. The number of aryl methyl sites for hydroxylation is 7. The number of carbonyl (C=O) groups is 3. The van der Waals surface area contributed by atoms with Gasteiger partial charge in [-0.05, 0) is 185 Å². The van der Waals surface area contributed by atoms with Crippen LogP contribution >= 0.6 is 11.3 Å². The van der Waals surface area contributed by atoms with Gasteiger partial charge in [-0.15, -0.1) is 11.3 Å². The van der Waals surface area contributed by atoms with Gasteiger partial charge in [0.15, 0.2) is 34.6 Å². The van der Waals surface area contributed by atoms with Crippen molar-refractivity contribution in [3.8, 4) is 56.0 Å². The molecule has 4 amide bonds. The summed E-state index contributed by atoms with van der Waals surface area (Å²) in [4.78, 5) is 93.9. The van der Waals surface area contributed by atoms with Crippen LogP contribution in [0.5, 0.6) is 23.0 Å². The molecule has 13 aromatic rings. The second kappa shape index (κ2) is 37.9. The number of amides is 4. The fourth-order valence-corrected chi connectivity index (χ4v) is 13.1. The number of nitrogens with zero attached hydrogens (tertiary/aromatic N) is 10. The van der Waals surface area contributed by atoms with Gasteiger partial charge in [0.2, 0.25) is 11.9 Å². The number of anilines is 5. The van der Waals surface area contributed by atoms with E-state index >= 15 is 0 Å². The Balaban J connectivity index is 0.000000151. The van der Waals surface area contributed by atoms with Crippen molar-refractivity contribution in [1.29, 1.82) is 0 Å². The van der Waals surface area contributed by atoms with Crippen LogP contribution in [-0.2, 0) is 25.3 Å². The van der Waals surface area contributed by atoms with Crippen molar-refractivity contribution in [3.05, 3.63) is 271 Å². The molecule has 31 heteroatoms. The molecule has 7 aromatic heterocycles. The van der Waals surface area contributed by atoms with Crippen molar-refractivity contribution in [1.82, 2.24) is 44.0 Å². The molecule has 1 aliphatic rings. The fourth-order valence-electron chi connectivity index (χ4n) is 12.1. The fraction of sp³-hybridized carbons (Fsp3) is 0.214. The smallest absolute Gasteiger partial charge is 0.325 e. The van der Waals surface area contributed by atoms with Crippen molar-refractivity contribution in [2.75, 3.05) is 47.3 Å². The summed E-state index contributed by atoms with van der Waals surface area (Å²) >= 11 is 1.69. The van der Waals surface area contributed by atoms with Crippen LogP contribution in [0, 0.1) is 56.8 Å². The maximum atomic E-state index is 14.5. The molecule has 0 saturated carbocycles. The Morgan fingerprint density at radius 2 is 1.17 bits per heavy atom. The molecule has 1 aliphatic heterocycles. The van der Waals surface area contributed by atoms with E-state index < -0.39 is 57.8 Å². The number of aromatic nitrogens is 9. The Kier molecular flexibility index (Phi) is 27.2. The Morgan fingerprint density at radius 3 is 1.72 bits per heavy atom. The van der Waals surface area contributed by atoms with Crippen LogP contribution in [0.25, 0.3) is 55.0 Å². The second-order valence-corrected chi connectivity index (χ2v) is 27.7. The normalized spacial score (nSPS) is 11.9. The van der Waals surface area contributed by atoms with Crippen molar-refractivity contribution in [2.24, 2.45) is 25.6 Å². The van der Waals surface area contributed by atoms with E-state index in [2.05, 4.69) is 84.0 Å². The predicted octanol–water partition coefficient (Wildman–Crippen LogP) is 15.1. The number of thiazole rings is 1. The van der Waals surface area contributed by atoms with Crippen LogP contribution in [0.3, 0.4) is 0 Å². The lowest BCUT2D eigenvalue weighted by molar-refractivity contribution is 0.0903. The van der Waals surface area contributed by atoms with Crippen LogP contribution < -0.4 is 52.9 Å². The lowest BCUT2D eigenvalue weighted by atomic mass is 10.0. The highest BCUT2D eigenvalue weighted by Gasteiger charge is 2.28. The van der Waals surface area contributed by atoms with E-state index in [-0.39, 0.29) is 82.8 Å². The number of pyridine rings is 4. The standard InChI is InChI=1S/C24H21N3OS.C20H15F3N4O2.C20H23FN4O4.C20H21FN4O3/c1-3-21-27-22(18-11-7-8-16(2)14-18)23(29-21)19-12-13-25-20(15-19)26-24(28)17-9-5-4-6-10-17;1-10-5-6-11(15(23)9-10)17-12(19(24)28)7-8-16(26-17)27(20(25)29)18-13(21)3-2-4-14(18)22;1-12-3-4-16(15(21)9-12)29-17-10-13-11-22-20(23-14(5-7-26)6-8-27)24-18(13)25(2)19(17)28;1-12-3-4-16(15(21)9-12)28-17-10-13-11-22-20(23-14-5-7-27-8-6-14)24-18(13)25(2)19(17)26/h4-15H,3H2,1-2H3,(H,25,26,28);2-9H,1H3,(H2,24,28)(H2,25,29);3-4,9-11,14,26-27H,5-8H2,1-2H3,(H,22,23,24);3-4,9-11,14H,5-8H2,1-2H3,(H,22,23,24). The summed E-state index contributed by atoms with van der Waals surface area (Å²) in [5, 5.41) is 29.7. The number of hydrogen-bond donors (Lipinski definition) is 7. The van der Waals surface area contributed by atoms with E-state index in [0.717, 1.165) is 81.4 Å². The molecule has 0 bridgehead atoms. The van der Waals surface area contributed by atoms with Gasteiger partial charge in [-0.2, -0.15) is 9.97 Å². The van der Waals surface area contributed by atoms with Crippen LogP contribution in [0.2, 0.25) is 0 Å². The zero-order valence-electron chi connectivity index (χ0n) is 63.4. The minimum Gasteiger partial charge on any atom is -0.448 e. The van der Waals surface area contributed by atoms with Crippen molar-refractivity contribution in [2.45, 2.75) is 78.8 Å². The second-order valence-electron chi connectivity index (χ2n) is 26.6. The van der Waals surface area contributed by atoms with Crippen LogP contribution in [0.15, 0.2) is 192 Å². The number of aliphatic hydroxyl groups is 2. The highest BCUT2D eigenvalue weighted by Crippen LogP contribution is 2.39. The van der Waals surface area contributed by atoms with E-state index in [1.54, 1.807) is 88.9 Å². The Hall–Kier alpha value is -13.2. The number of benzene rings is 6. The van der Waals surface area contributed by atoms with Crippen molar-refractivity contribution in [3.63, 3.8) is 0 Å². The van der Waals surface area contributed by atoms with E-state index in [0.29, 0.717) is 75.9 Å². The molecule has 8 heterocycles. The first-order chi connectivity index (χ1) is 55.3. The number of hydrogen-bond acceptors (Lipinski definition) is 20. The van der Waals surface area contributed by atoms with Gasteiger partial charge in [-0.3, -0.25) is 28.3 Å². The molecule has 0 unspecified atom stereocenters. The average molecular weight is 1590 g/mol. The monoisotopic (exact) mass is 1590 g/mol. The van der Waals surface area contributed by atoms with Gasteiger partial charge in [0.1, 0.15) is 46.1 Å². The van der Waals surface area contributed by atoms with Crippen molar-refractivity contribution < 1.29 is 60.8 Å². The molecule has 1 saturated heterocycles. The molecule has 9 N–H and O–H groups in total. The summed E-state index contributed by atoms with van der Waals surface area (Å²) in [6, 6.07) is 41.8. The van der Waals surface area contributed by atoms with E-state index in [1.807, 2.05) is 30.3 Å². The number of ether oxygens (including phenoxy) is 3. The summed E-state index contributed by atoms with van der Waals surface area (Å²) < 4.78 is 90.2. The summed E-state index contributed by atoms with van der Waals surface area (Å²) in [6.07, 6.45) is 8.38. The summed E-state index contributed by atoms with van der Waals surface area (Å²) in [5.41, 5.74) is 16.5. The third-order valence-corrected chi connectivity index (χ3v) is 19.2. The predicted molar refractivity (Wildman–Crippen MR) is 431 cm³/mol. The minimum absolute atomic E-state index is 0.000715. The summed E-state index contributed by atoms with van der Waals surface area (Å²) in [7, 11) is 3.15. The highest BCUT2D eigenvalue weighted by molar-refractivity contribution is 7.15. The molecule has 0 spiro atoms. The molecule has 115 heavy (non-hydrogen) atoms. The number of halogens is 5. The molecule has 0 radical (unpaired) electrons. The maximum absolute atomic E-state index is 14.5. The maximum Gasteiger partial charge on any atom is 0.325 e. The average Bonchev–Trinajstić information content (AvgIpc) is 1.80. The van der Waals surface area contributed by atoms with Crippen LogP contribution in [0.4, 0.5) is 56.0 Å². The van der Waals surface area contributed by atoms with E-state index in [9.17, 15) is 45.9 Å². The molecule has 0 aliphatic carbocycles.